The molecule has 2 N–H and O–H groups in total. The van der Waals surface area contributed by atoms with Gasteiger partial charge in [-0.1, -0.05) is 18.2 Å². The third-order valence-electron chi connectivity index (χ3n) is 5.63. The number of nitrogens with one attached hydrogen (secondary N) is 2. The Morgan fingerprint density at radius 3 is 2.65 bits per heavy atom. The van der Waals surface area contributed by atoms with Crippen LogP contribution in [0.1, 0.15) is 27.7 Å². The molecule has 168 valence electrons. The number of aromatic nitrogens is 3. The van der Waals surface area contributed by atoms with Gasteiger partial charge in [0, 0.05) is 53.6 Å². The number of nitrogens with zero attached hydrogens (tertiary/aromatic N) is 4. The van der Waals surface area contributed by atoms with Crippen molar-refractivity contribution in [2.75, 3.05) is 44.0 Å². The van der Waals surface area contributed by atoms with Crippen molar-refractivity contribution in [3.8, 4) is 5.69 Å². The highest BCUT2D eigenvalue weighted by Crippen LogP contribution is 2.24. The molecule has 3 aromatic rings. The van der Waals surface area contributed by atoms with E-state index in [0.29, 0.717) is 12.0 Å². The van der Waals surface area contributed by atoms with Crippen LogP contribution in [-0.2, 0) is 4.74 Å². The summed E-state index contributed by atoms with van der Waals surface area (Å²) < 4.78 is 6.94. The quantitative estimate of drug-likeness (QED) is 0.484. The van der Waals surface area contributed by atoms with Gasteiger partial charge < -0.3 is 20.3 Å². The molecule has 1 aliphatic rings. The fraction of sp³-hybridized carbons (Fsp3) is 0.417. The maximum atomic E-state index is 5.17. The van der Waals surface area contributed by atoms with Crippen LogP contribution in [0.15, 0.2) is 54.9 Å². The molecular formula is C24H36N6O. The molecule has 7 nitrogen and oxygen atoms in total. The van der Waals surface area contributed by atoms with Crippen molar-refractivity contribution in [1.29, 1.82) is 0 Å². The number of hydrogen-bond acceptors (Lipinski definition) is 6. The molecule has 0 unspecified atom stereocenters. The first kappa shape index (κ1) is 21.3. The molecule has 4 rings (SSSR count). The molecule has 1 saturated heterocycles. The summed E-state index contributed by atoms with van der Waals surface area (Å²) in [4.78, 5) is 6.94. The SMILES string of the molecule is COCCCN1CCC(Nc2cc(C)cc(Nc3ncn(-c4ccccc4)n3)c2)CC1.[HH].[HH]. The van der Waals surface area contributed by atoms with E-state index in [1.807, 2.05) is 30.3 Å². The van der Waals surface area contributed by atoms with Crippen LogP contribution in [0.2, 0.25) is 0 Å². The van der Waals surface area contributed by atoms with Gasteiger partial charge in [0.15, 0.2) is 0 Å². The first-order valence-corrected chi connectivity index (χ1v) is 11.0. The van der Waals surface area contributed by atoms with E-state index in [0.717, 1.165) is 62.6 Å². The number of methoxy groups -OCH3 is 1. The van der Waals surface area contributed by atoms with E-state index < -0.39 is 0 Å². The molecule has 0 amide bonds. The minimum Gasteiger partial charge on any atom is -0.385 e. The maximum Gasteiger partial charge on any atom is 0.246 e. The molecule has 0 spiro atoms. The largest absolute Gasteiger partial charge is 0.385 e. The Morgan fingerprint density at radius 2 is 1.87 bits per heavy atom. The minimum absolute atomic E-state index is 0. The lowest BCUT2D eigenvalue weighted by Gasteiger charge is -2.33. The van der Waals surface area contributed by atoms with Crippen molar-refractivity contribution in [3.63, 3.8) is 0 Å². The number of piperidine rings is 1. The van der Waals surface area contributed by atoms with Crippen molar-refractivity contribution in [3.05, 3.63) is 60.4 Å². The van der Waals surface area contributed by atoms with Gasteiger partial charge >= 0.3 is 0 Å². The number of ether oxygens (including phenoxy) is 1. The zero-order valence-electron chi connectivity index (χ0n) is 18.4. The number of benzene rings is 2. The average Bonchev–Trinajstić information content (AvgIpc) is 3.24. The van der Waals surface area contributed by atoms with E-state index in [-0.39, 0.29) is 2.85 Å². The smallest absolute Gasteiger partial charge is 0.246 e. The molecule has 0 atom stereocenters. The van der Waals surface area contributed by atoms with Crippen LogP contribution in [-0.4, -0.2) is 59.1 Å². The van der Waals surface area contributed by atoms with Gasteiger partial charge in [-0.15, -0.1) is 5.10 Å². The Balaban J connectivity index is 0.00000193. The van der Waals surface area contributed by atoms with Gasteiger partial charge in [0.25, 0.3) is 0 Å². The molecule has 31 heavy (non-hydrogen) atoms. The summed E-state index contributed by atoms with van der Waals surface area (Å²) in [6.07, 6.45) is 5.15. The van der Waals surface area contributed by atoms with Crippen LogP contribution >= 0.6 is 0 Å². The van der Waals surface area contributed by atoms with Crippen LogP contribution in [0.3, 0.4) is 0 Å². The third kappa shape index (κ3) is 6.06. The second-order valence-electron chi connectivity index (χ2n) is 8.17. The zero-order chi connectivity index (χ0) is 21.5. The molecule has 0 saturated carbocycles. The van der Waals surface area contributed by atoms with Gasteiger partial charge in [-0.3, -0.25) is 0 Å². The fourth-order valence-corrected chi connectivity index (χ4v) is 4.06. The molecule has 7 heteroatoms. The lowest BCUT2D eigenvalue weighted by Crippen LogP contribution is -2.39. The van der Waals surface area contributed by atoms with Crippen molar-refractivity contribution in [1.82, 2.24) is 19.7 Å². The standard InChI is InChI=1S/C24H32N6O.2H2/c1-19-15-21(26-20-9-12-29(13-10-20)11-6-14-31-2)17-22(16-19)27-24-25-18-30(28-24)23-7-4-3-5-8-23;;/h3-5,7-8,15-18,20,26H,6,9-14H2,1-2H3,(H,27,28);2*1H. The minimum atomic E-state index is 0. The molecule has 0 aliphatic carbocycles. The first-order valence-electron chi connectivity index (χ1n) is 11.0. The first-order chi connectivity index (χ1) is 15.2. The summed E-state index contributed by atoms with van der Waals surface area (Å²) in [5.41, 5.74) is 4.32. The van der Waals surface area contributed by atoms with Crippen molar-refractivity contribution >= 4 is 17.3 Å². The summed E-state index contributed by atoms with van der Waals surface area (Å²) >= 11 is 0. The van der Waals surface area contributed by atoms with Gasteiger partial charge in [0.05, 0.1) is 5.69 Å². The van der Waals surface area contributed by atoms with E-state index in [1.165, 1.54) is 5.56 Å². The average molecular weight is 425 g/mol. The van der Waals surface area contributed by atoms with Crippen LogP contribution in [0, 0.1) is 6.92 Å². The van der Waals surface area contributed by atoms with Gasteiger partial charge in [-0.2, -0.15) is 4.98 Å². The number of anilines is 3. The summed E-state index contributed by atoms with van der Waals surface area (Å²) in [6.45, 7) is 6.36. The molecule has 1 fully saturated rings. The third-order valence-corrected chi connectivity index (χ3v) is 5.63. The van der Waals surface area contributed by atoms with E-state index in [4.69, 9.17) is 4.74 Å². The molecule has 1 aliphatic heterocycles. The van der Waals surface area contributed by atoms with Crippen LogP contribution in [0.4, 0.5) is 17.3 Å². The zero-order valence-corrected chi connectivity index (χ0v) is 18.4. The second kappa shape index (κ2) is 10.4. The number of likely N-dealkylation sites (tertiary alicyclic amines) is 1. The van der Waals surface area contributed by atoms with Gasteiger partial charge in [0.2, 0.25) is 5.95 Å². The monoisotopic (exact) mass is 424 g/mol. The number of hydrogen-bond donors (Lipinski definition) is 2. The molecule has 2 aromatic carbocycles. The van der Waals surface area contributed by atoms with Crippen LogP contribution in [0.5, 0.6) is 0 Å². The highest BCUT2D eigenvalue weighted by atomic mass is 16.5. The summed E-state index contributed by atoms with van der Waals surface area (Å²) in [5, 5.41) is 11.6. The molecule has 2 heterocycles. The Hall–Kier alpha value is -2.90. The Kier molecular flexibility index (Phi) is 7.17. The van der Waals surface area contributed by atoms with Gasteiger partial charge in [-0.25, -0.2) is 4.68 Å². The molecular weight excluding hydrogens is 388 g/mol. The number of para-hydroxylation sites is 1. The van der Waals surface area contributed by atoms with Crippen LogP contribution < -0.4 is 10.6 Å². The van der Waals surface area contributed by atoms with E-state index in [1.54, 1.807) is 18.1 Å². The van der Waals surface area contributed by atoms with Crippen molar-refractivity contribution in [2.24, 2.45) is 0 Å². The lowest BCUT2D eigenvalue weighted by atomic mass is 10.0. The predicted octanol–water partition coefficient (Wildman–Crippen LogP) is 4.72. The Labute approximate surface area is 187 Å². The number of rotatable bonds is 9. The predicted molar refractivity (Wildman–Crippen MR) is 130 cm³/mol. The summed E-state index contributed by atoms with van der Waals surface area (Å²) in [7, 11) is 1.77. The normalized spacial score (nSPS) is 15.2. The highest BCUT2D eigenvalue weighted by Gasteiger charge is 2.19. The Morgan fingerprint density at radius 1 is 1.10 bits per heavy atom. The van der Waals surface area contributed by atoms with Crippen molar-refractivity contribution < 1.29 is 7.59 Å². The lowest BCUT2D eigenvalue weighted by molar-refractivity contribution is 0.159. The Bertz CT molecular complexity index is 961. The van der Waals surface area contributed by atoms with E-state index in [2.05, 4.69) is 50.7 Å². The topological polar surface area (TPSA) is 67.2 Å². The molecule has 0 radical (unpaired) electrons. The van der Waals surface area contributed by atoms with E-state index >= 15 is 0 Å². The highest BCUT2D eigenvalue weighted by molar-refractivity contribution is 5.63. The van der Waals surface area contributed by atoms with Gasteiger partial charge in [0.1, 0.15) is 6.33 Å². The maximum absolute atomic E-state index is 5.17. The summed E-state index contributed by atoms with van der Waals surface area (Å²) in [6, 6.07) is 17.0. The number of aryl methyl sites for hydroxylation is 1. The molecule has 1 aromatic heterocycles. The fourth-order valence-electron chi connectivity index (χ4n) is 4.06. The summed E-state index contributed by atoms with van der Waals surface area (Å²) in [5.74, 6) is 0.588. The van der Waals surface area contributed by atoms with Crippen molar-refractivity contribution in [2.45, 2.75) is 32.2 Å². The van der Waals surface area contributed by atoms with E-state index in [9.17, 15) is 0 Å². The van der Waals surface area contributed by atoms with Gasteiger partial charge in [-0.05, 0) is 62.1 Å². The van der Waals surface area contributed by atoms with Crippen LogP contribution in [0.25, 0.3) is 5.69 Å². The second-order valence-corrected chi connectivity index (χ2v) is 8.17. The molecule has 0 bridgehead atoms.